The van der Waals surface area contributed by atoms with Crippen molar-refractivity contribution in [3.05, 3.63) is 20.3 Å². The number of hydrogen-bond donors (Lipinski definition) is 0. The minimum absolute atomic E-state index is 0.0440. The van der Waals surface area contributed by atoms with Crippen molar-refractivity contribution in [2.45, 2.75) is 20.3 Å². The molecule has 1 rings (SSSR count). The van der Waals surface area contributed by atoms with Crippen LogP contribution < -0.4 is 10.3 Å². The van der Waals surface area contributed by atoms with E-state index in [2.05, 4.69) is 23.8 Å². The first-order chi connectivity index (χ1) is 7.49. The summed E-state index contributed by atoms with van der Waals surface area (Å²) in [5.74, 6) is 0. The lowest BCUT2D eigenvalue weighted by atomic mass is 10.1. The second-order valence-electron chi connectivity index (χ2n) is 4.30. The third-order valence-corrected chi connectivity index (χ3v) is 3.45. The Morgan fingerprint density at radius 3 is 2.38 bits per heavy atom. The number of rotatable bonds is 6. The second kappa shape index (κ2) is 5.55. The van der Waals surface area contributed by atoms with Gasteiger partial charge in [0.05, 0.1) is 5.69 Å². The maximum absolute atomic E-state index is 11.3. The molecule has 0 amide bonds. The third-order valence-electron chi connectivity index (χ3n) is 3.07. The Morgan fingerprint density at radius 1 is 1.25 bits per heavy atom. The van der Waals surface area contributed by atoms with E-state index in [1.165, 1.54) is 0 Å². The maximum Gasteiger partial charge on any atom is 0.203 e. The summed E-state index contributed by atoms with van der Waals surface area (Å²) in [4.78, 5) is 15.6. The molecule has 0 radical (unpaired) electrons. The molecule has 0 atom stereocenters. The molecule has 0 N–H and O–H groups in total. The molecule has 0 fully saturated rings. The first-order valence-corrected chi connectivity index (χ1v) is 6.09. The summed E-state index contributed by atoms with van der Waals surface area (Å²) in [5, 5.41) is 0. The van der Waals surface area contributed by atoms with Crippen molar-refractivity contribution in [2.75, 3.05) is 38.6 Å². The quantitative estimate of drug-likeness (QED) is 0.707. The summed E-state index contributed by atoms with van der Waals surface area (Å²) < 4.78 is 0.504. The average Bonchev–Trinajstić information content (AvgIpc) is 2.28. The fourth-order valence-electron chi connectivity index (χ4n) is 1.80. The van der Waals surface area contributed by atoms with Gasteiger partial charge in [0.25, 0.3) is 0 Å². The zero-order chi connectivity index (χ0) is 12.3. The van der Waals surface area contributed by atoms with Crippen molar-refractivity contribution in [1.82, 2.24) is 4.90 Å². The topological polar surface area (TPSA) is 23.6 Å². The van der Waals surface area contributed by atoms with E-state index in [9.17, 15) is 4.79 Å². The van der Waals surface area contributed by atoms with Crippen LogP contribution in [-0.2, 0) is 0 Å². The van der Waals surface area contributed by atoms with Crippen LogP contribution in [0.15, 0.2) is 4.79 Å². The lowest BCUT2D eigenvalue weighted by Crippen LogP contribution is -2.30. The van der Waals surface area contributed by atoms with E-state index in [1.54, 1.807) is 0 Å². The highest BCUT2D eigenvalue weighted by Gasteiger charge is 2.16. The predicted molar refractivity (Wildman–Crippen MR) is 71.7 cm³/mol. The van der Waals surface area contributed by atoms with Gasteiger partial charge in [0.2, 0.25) is 5.43 Å². The number of nitrogens with zero attached hydrogens (tertiary/aromatic N) is 2. The molecule has 0 saturated heterocycles. The Kier molecular flexibility index (Phi) is 4.62. The Bertz CT molecular complexity index is 421. The summed E-state index contributed by atoms with van der Waals surface area (Å²) >= 11 is 5.05. The van der Waals surface area contributed by atoms with E-state index < -0.39 is 0 Å². The molecule has 0 unspecified atom stereocenters. The van der Waals surface area contributed by atoms with Crippen LogP contribution in [0.3, 0.4) is 0 Å². The molecular formula is C12H20N2OS. The Balaban J connectivity index is 2.46. The number of hydrogen-bond acceptors (Lipinski definition) is 4. The molecule has 1 aromatic rings. The molecule has 1 aromatic carbocycles. The van der Waals surface area contributed by atoms with Crippen molar-refractivity contribution >= 4 is 17.9 Å². The van der Waals surface area contributed by atoms with E-state index in [0.29, 0.717) is 4.51 Å². The van der Waals surface area contributed by atoms with E-state index in [4.69, 9.17) is 12.2 Å². The summed E-state index contributed by atoms with van der Waals surface area (Å²) in [5.41, 5.74) is 1.83. The largest absolute Gasteiger partial charge is 0.373 e. The van der Waals surface area contributed by atoms with Gasteiger partial charge in [-0.3, -0.25) is 4.79 Å². The van der Waals surface area contributed by atoms with Gasteiger partial charge in [-0.25, -0.2) is 0 Å². The van der Waals surface area contributed by atoms with Crippen molar-refractivity contribution < 1.29 is 0 Å². The van der Waals surface area contributed by atoms with E-state index in [-0.39, 0.29) is 5.43 Å². The highest BCUT2D eigenvalue weighted by molar-refractivity contribution is 7.71. The Hall–Kier alpha value is -0.740. The smallest absolute Gasteiger partial charge is 0.203 e. The van der Waals surface area contributed by atoms with Crippen LogP contribution in [0, 0.1) is 11.4 Å². The van der Waals surface area contributed by atoms with Gasteiger partial charge in [0, 0.05) is 19.2 Å². The normalized spacial score (nSPS) is 11.3. The highest BCUT2D eigenvalue weighted by Crippen LogP contribution is 2.20. The fourth-order valence-corrected chi connectivity index (χ4v) is 2.26. The standard InChI is InChI=1S/C12H20N2OS/c1-5-13(3)7-6-8-14(4)10-9(2)11(15)12(10)16/h5-8H2,1-4H3. The van der Waals surface area contributed by atoms with Crippen molar-refractivity contribution in [2.24, 2.45) is 0 Å². The molecule has 90 valence electrons. The van der Waals surface area contributed by atoms with Gasteiger partial charge in [-0.1, -0.05) is 19.1 Å². The number of anilines is 1. The highest BCUT2D eigenvalue weighted by atomic mass is 32.1. The van der Waals surface area contributed by atoms with Crippen LogP contribution in [-0.4, -0.2) is 38.6 Å². The molecule has 16 heavy (non-hydrogen) atoms. The summed E-state index contributed by atoms with van der Waals surface area (Å²) in [7, 11) is 4.12. The minimum Gasteiger partial charge on any atom is -0.373 e. The van der Waals surface area contributed by atoms with Gasteiger partial charge >= 0.3 is 0 Å². The van der Waals surface area contributed by atoms with Gasteiger partial charge in [-0.2, -0.15) is 0 Å². The third kappa shape index (κ3) is 2.68. The fraction of sp³-hybridized carbons (Fsp3) is 0.667. The van der Waals surface area contributed by atoms with Crippen molar-refractivity contribution in [1.29, 1.82) is 0 Å². The molecule has 0 spiro atoms. The van der Waals surface area contributed by atoms with E-state index in [1.807, 2.05) is 14.0 Å². The van der Waals surface area contributed by atoms with Gasteiger partial charge in [-0.15, -0.1) is 0 Å². The first kappa shape index (κ1) is 13.3. The SMILES string of the molecule is CCN(C)CCCN(C)c1c(C)c(=O)c1=S. The van der Waals surface area contributed by atoms with Crippen LogP contribution in [0.5, 0.6) is 0 Å². The molecule has 0 heterocycles. The van der Waals surface area contributed by atoms with Crippen LogP contribution in [0.25, 0.3) is 0 Å². The van der Waals surface area contributed by atoms with Crippen LogP contribution in [0.1, 0.15) is 18.9 Å². The zero-order valence-electron chi connectivity index (χ0n) is 10.5. The lowest BCUT2D eigenvalue weighted by Gasteiger charge is -2.24. The maximum atomic E-state index is 11.3. The van der Waals surface area contributed by atoms with Crippen LogP contribution in [0.2, 0.25) is 0 Å². The lowest BCUT2D eigenvalue weighted by molar-refractivity contribution is 0.349. The average molecular weight is 240 g/mol. The van der Waals surface area contributed by atoms with Gasteiger partial charge in [-0.05, 0) is 33.5 Å². The summed E-state index contributed by atoms with van der Waals surface area (Å²) in [6.45, 7) is 7.10. The molecule has 0 bridgehead atoms. The second-order valence-corrected chi connectivity index (χ2v) is 4.71. The van der Waals surface area contributed by atoms with Gasteiger partial charge < -0.3 is 9.80 Å². The molecular weight excluding hydrogens is 220 g/mol. The van der Waals surface area contributed by atoms with E-state index in [0.717, 1.165) is 37.3 Å². The molecule has 4 heteroatoms. The molecule has 0 aliphatic heterocycles. The Morgan fingerprint density at radius 2 is 1.88 bits per heavy atom. The van der Waals surface area contributed by atoms with Gasteiger partial charge in [0.1, 0.15) is 4.51 Å². The summed E-state index contributed by atoms with van der Waals surface area (Å²) in [6, 6.07) is 0. The van der Waals surface area contributed by atoms with E-state index >= 15 is 0 Å². The van der Waals surface area contributed by atoms with Crippen molar-refractivity contribution in [3.63, 3.8) is 0 Å². The molecule has 0 aromatic heterocycles. The molecule has 0 saturated carbocycles. The van der Waals surface area contributed by atoms with Gasteiger partial charge in [0.15, 0.2) is 0 Å². The van der Waals surface area contributed by atoms with Crippen LogP contribution in [0.4, 0.5) is 5.69 Å². The van der Waals surface area contributed by atoms with Crippen LogP contribution >= 0.6 is 12.2 Å². The zero-order valence-corrected chi connectivity index (χ0v) is 11.4. The molecule has 0 aliphatic rings. The summed E-state index contributed by atoms with van der Waals surface area (Å²) in [6.07, 6.45) is 1.09. The monoisotopic (exact) mass is 240 g/mol. The predicted octanol–water partition coefficient (Wildman–Crippen LogP) is 1.74. The molecule has 0 aliphatic carbocycles. The Labute approximate surface area is 102 Å². The molecule has 3 nitrogen and oxygen atoms in total. The first-order valence-electron chi connectivity index (χ1n) is 5.68. The minimum atomic E-state index is 0.0440. The van der Waals surface area contributed by atoms with Crippen molar-refractivity contribution in [3.8, 4) is 0 Å².